The Hall–Kier alpha value is -1.26. The van der Waals surface area contributed by atoms with Gasteiger partial charge in [0.05, 0.1) is 6.42 Å². The highest BCUT2D eigenvalue weighted by Gasteiger charge is 1.95. The van der Waals surface area contributed by atoms with Crippen LogP contribution in [0.5, 0.6) is 0 Å². The Morgan fingerprint density at radius 3 is 2.44 bits per heavy atom. The Balaban J connectivity index is 3.10. The number of nitrogens with one attached hydrogen (secondary N) is 1. The van der Waals surface area contributed by atoms with Crippen molar-refractivity contribution < 1.29 is 14.7 Å². The van der Waals surface area contributed by atoms with E-state index in [1.165, 1.54) is 0 Å². The van der Waals surface area contributed by atoms with E-state index in [0.717, 1.165) is 0 Å². The van der Waals surface area contributed by atoms with Gasteiger partial charge < -0.3 is 16.2 Å². The van der Waals surface area contributed by atoms with Crippen molar-refractivity contribution in [2.24, 2.45) is 5.73 Å². The fraction of sp³-hybridized carbons (Fsp3) is 0.500. The summed E-state index contributed by atoms with van der Waals surface area (Å²) in [6.07, 6.45) is -0.0943. The van der Waals surface area contributed by atoms with E-state index in [4.69, 9.17) is 5.11 Å². The summed E-state index contributed by atoms with van der Waals surface area (Å²) in [5, 5.41) is 10.2. The molecule has 5 nitrogen and oxygen atoms in total. The summed E-state index contributed by atoms with van der Waals surface area (Å²) in [5.74, 6) is -0.955. The summed E-state index contributed by atoms with van der Waals surface area (Å²) in [6.45, 7) is 0.0880. The molecule has 0 aliphatic rings. The number of rotatable bonds is 3. The summed E-state index contributed by atoms with van der Waals surface area (Å²) < 4.78 is 0. The van der Waals surface area contributed by atoms with Gasteiger partial charge in [-0.1, -0.05) is 0 Å². The molecule has 52 valence electrons. The first kappa shape index (κ1) is 7.74. The lowest BCUT2D eigenvalue weighted by atomic mass is 10.4. The second kappa shape index (κ2) is 3.71. The molecule has 0 aliphatic carbocycles. The Bertz CT molecular complexity index is 109. The van der Waals surface area contributed by atoms with Gasteiger partial charge in [-0.2, -0.15) is 0 Å². The van der Waals surface area contributed by atoms with Gasteiger partial charge in [0.1, 0.15) is 0 Å². The predicted octanol–water partition coefficient (Wildman–Crippen LogP) is -0.871. The van der Waals surface area contributed by atoms with Crippen LogP contribution in [-0.4, -0.2) is 23.7 Å². The van der Waals surface area contributed by atoms with E-state index in [9.17, 15) is 9.59 Å². The minimum Gasteiger partial charge on any atom is -0.481 e. The molecule has 0 fully saturated rings. The van der Waals surface area contributed by atoms with Crippen LogP contribution >= 0.6 is 0 Å². The van der Waals surface area contributed by atoms with Crippen LogP contribution in [0.15, 0.2) is 0 Å². The Kier molecular flexibility index (Phi) is 3.19. The molecule has 0 aromatic heterocycles. The molecule has 0 rings (SSSR count). The number of hydrogen-bond acceptors (Lipinski definition) is 2. The highest BCUT2D eigenvalue weighted by Crippen LogP contribution is 1.72. The molecule has 0 saturated carbocycles. The lowest BCUT2D eigenvalue weighted by Gasteiger charge is -1.95. The van der Waals surface area contributed by atoms with Crippen molar-refractivity contribution in [2.75, 3.05) is 6.54 Å². The zero-order valence-corrected chi connectivity index (χ0v) is 4.76. The van der Waals surface area contributed by atoms with E-state index in [1.807, 2.05) is 0 Å². The standard InChI is InChI=1S/C4H8N2O3/c5-4(9)6-2-1-3(7)8/h1-2H2,(H,7,8)(H3,5,6,9). The zero-order chi connectivity index (χ0) is 7.28. The number of nitrogens with two attached hydrogens (primary N) is 1. The van der Waals surface area contributed by atoms with Gasteiger partial charge in [0.15, 0.2) is 0 Å². The molecule has 0 bridgehead atoms. The Morgan fingerprint density at radius 2 is 2.11 bits per heavy atom. The lowest BCUT2D eigenvalue weighted by Crippen LogP contribution is -2.31. The van der Waals surface area contributed by atoms with E-state index in [1.54, 1.807) is 0 Å². The highest BCUT2D eigenvalue weighted by molar-refractivity contribution is 5.73. The van der Waals surface area contributed by atoms with Crippen molar-refractivity contribution in [1.82, 2.24) is 5.32 Å². The van der Waals surface area contributed by atoms with Gasteiger partial charge >= 0.3 is 12.0 Å². The molecule has 0 aromatic rings. The average Bonchev–Trinajstić information content (AvgIpc) is 1.63. The maximum absolute atomic E-state index is 9.90. The van der Waals surface area contributed by atoms with Crippen molar-refractivity contribution in [2.45, 2.75) is 6.42 Å². The minimum atomic E-state index is -0.955. The number of aliphatic carboxylic acids is 1. The minimum absolute atomic E-state index is 0.0880. The van der Waals surface area contributed by atoms with E-state index in [-0.39, 0.29) is 13.0 Å². The second-order valence-electron chi connectivity index (χ2n) is 1.43. The van der Waals surface area contributed by atoms with E-state index >= 15 is 0 Å². The predicted molar refractivity (Wildman–Crippen MR) is 29.8 cm³/mol. The van der Waals surface area contributed by atoms with Crippen molar-refractivity contribution in [3.8, 4) is 0 Å². The SMILES string of the molecule is NC(=O)NCCC(=O)O. The van der Waals surface area contributed by atoms with Crippen LogP contribution in [0.1, 0.15) is 6.42 Å². The maximum atomic E-state index is 9.90. The number of primary amides is 1. The normalized spacial score (nSPS) is 8.44. The first-order chi connectivity index (χ1) is 4.13. The Morgan fingerprint density at radius 1 is 1.56 bits per heavy atom. The molecule has 4 N–H and O–H groups in total. The number of amides is 2. The fourth-order valence-electron chi connectivity index (χ4n) is 0.293. The third kappa shape index (κ3) is 6.74. The van der Waals surface area contributed by atoms with Crippen LogP contribution in [0.25, 0.3) is 0 Å². The largest absolute Gasteiger partial charge is 0.481 e. The van der Waals surface area contributed by atoms with E-state index in [2.05, 4.69) is 11.1 Å². The summed E-state index contributed by atoms with van der Waals surface area (Å²) >= 11 is 0. The molecule has 0 heterocycles. The molecule has 0 aromatic carbocycles. The van der Waals surface area contributed by atoms with Crippen LogP contribution in [0.2, 0.25) is 0 Å². The summed E-state index contributed by atoms with van der Waals surface area (Å²) in [5.41, 5.74) is 4.64. The van der Waals surface area contributed by atoms with Crippen LogP contribution < -0.4 is 11.1 Å². The first-order valence-corrected chi connectivity index (χ1v) is 2.38. The fourth-order valence-corrected chi connectivity index (χ4v) is 0.293. The smallest absolute Gasteiger partial charge is 0.312 e. The van der Waals surface area contributed by atoms with Crippen molar-refractivity contribution in [3.63, 3.8) is 0 Å². The highest BCUT2D eigenvalue weighted by atomic mass is 16.4. The molecule has 0 spiro atoms. The lowest BCUT2D eigenvalue weighted by molar-refractivity contribution is -0.136. The molecule has 5 heteroatoms. The number of carboxylic acid groups (broad SMARTS) is 1. The first-order valence-electron chi connectivity index (χ1n) is 2.38. The summed E-state index contributed by atoms with van der Waals surface area (Å²) in [6, 6.07) is -0.698. The van der Waals surface area contributed by atoms with Gasteiger partial charge in [0.25, 0.3) is 0 Å². The molecule has 0 radical (unpaired) electrons. The van der Waals surface area contributed by atoms with Gasteiger partial charge in [-0.15, -0.1) is 0 Å². The van der Waals surface area contributed by atoms with Crippen molar-refractivity contribution in [3.05, 3.63) is 0 Å². The number of carboxylic acids is 1. The van der Waals surface area contributed by atoms with Crippen LogP contribution in [-0.2, 0) is 4.79 Å². The van der Waals surface area contributed by atoms with Gasteiger partial charge in [-0.05, 0) is 0 Å². The monoisotopic (exact) mass is 132 g/mol. The number of carbonyl (C=O) groups is 2. The van der Waals surface area contributed by atoms with E-state index < -0.39 is 12.0 Å². The van der Waals surface area contributed by atoms with Crippen molar-refractivity contribution >= 4 is 12.0 Å². The molecule has 0 atom stereocenters. The van der Waals surface area contributed by atoms with Gasteiger partial charge in [0, 0.05) is 6.54 Å². The van der Waals surface area contributed by atoms with Gasteiger partial charge in [-0.25, -0.2) is 4.79 Å². The quantitative estimate of drug-likeness (QED) is 0.466. The van der Waals surface area contributed by atoms with Crippen molar-refractivity contribution in [1.29, 1.82) is 0 Å². The van der Waals surface area contributed by atoms with Crippen LogP contribution in [0.3, 0.4) is 0 Å². The van der Waals surface area contributed by atoms with Gasteiger partial charge in [-0.3, -0.25) is 4.79 Å². The molecule has 9 heavy (non-hydrogen) atoms. The maximum Gasteiger partial charge on any atom is 0.312 e. The van der Waals surface area contributed by atoms with E-state index in [0.29, 0.717) is 0 Å². The molecule has 0 saturated heterocycles. The third-order valence-electron chi connectivity index (χ3n) is 0.638. The topological polar surface area (TPSA) is 92.4 Å². The van der Waals surface area contributed by atoms with Crippen LogP contribution in [0, 0.1) is 0 Å². The Labute approximate surface area is 51.8 Å². The van der Waals surface area contributed by atoms with Gasteiger partial charge in [0.2, 0.25) is 0 Å². The summed E-state index contributed by atoms with van der Waals surface area (Å²) in [4.78, 5) is 19.7. The number of urea groups is 1. The molecule has 0 unspecified atom stereocenters. The molecular formula is C4H8N2O3. The summed E-state index contributed by atoms with van der Waals surface area (Å²) in [7, 11) is 0. The third-order valence-corrected chi connectivity index (χ3v) is 0.638. The second-order valence-corrected chi connectivity index (χ2v) is 1.43. The zero-order valence-electron chi connectivity index (χ0n) is 4.76. The molecule has 2 amide bonds. The average molecular weight is 132 g/mol. The van der Waals surface area contributed by atoms with Crippen LogP contribution in [0.4, 0.5) is 4.79 Å². The molecule has 0 aliphatic heterocycles. The molecular weight excluding hydrogens is 124 g/mol. The number of hydrogen-bond donors (Lipinski definition) is 3. The number of carbonyl (C=O) groups excluding carboxylic acids is 1.